The molecule has 0 radical (unpaired) electrons. The highest BCUT2D eigenvalue weighted by molar-refractivity contribution is 7.80. The molecule has 1 heterocycles. The van der Waals surface area contributed by atoms with Gasteiger partial charge in [0.25, 0.3) is 5.91 Å². The van der Waals surface area contributed by atoms with Gasteiger partial charge in [-0.2, -0.15) is 12.6 Å². The van der Waals surface area contributed by atoms with Crippen LogP contribution in [0, 0.1) is 6.92 Å². The molecule has 24 heavy (non-hydrogen) atoms. The summed E-state index contributed by atoms with van der Waals surface area (Å²) in [7, 11) is 0. The van der Waals surface area contributed by atoms with E-state index in [-0.39, 0.29) is 11.3 Å². The molecule has 0 unspecified atom stereocenters. The van der Waals surface area contributed by atoms with Crippen LogP contribution in [0.3, 0.4) is 0 Å². The SMILES string of the molecule is Cc1c(-c2ccccc2)oc2c(C(=O)NCCS)cccc2c1=O. The van der Waals surface area contributed by atoms with E-state index in [0.717, 1.165) is 5.56 Å². The number of hydrogen-bond acceptors (Lipinski definition) is 4. The first-order chi connectivity index (χ1) is 11.6. The van der Waals surface area contributed by atoms with Gasteiger partial charge in [-0.3, -0.25) is 9.59 Å². The molecule has 0 atom stereocenters. The largest absolute Gasteiger partial charge is 0.455 e. The Morgan fingerprint density at radius 3 is 2.58 bits per heavy atom. The van der Waals surface area contributed by atoms with Crippen LogP contribution in [0.2, 0.25) is 0 Å². The van der Waals surface area contributed by atoms with Crippen molar-refractivity contribution in [3.8, 4) is 11.3 Å². The second-order valence-corrected chi connectivity index (χ2v) is 5.86. The fourth-order valence-corrected chi connectivity index (χ4v) is 2.73. The first-order valence-corrected chi connectivity index (χ1v) is 8.27. The average molecular weight is 339 g/mol. The first-order valence-electron chi connectivity index (χ1n) is 7.64. The van der Waals surface area contributed by atoms with Gasteiger partial charge in [0.05, 0.1) is 10.9 Å². The van der Waals surface area contributed by atoms with E-state index in [9.17, 15) is 9.59 Å². The van der Waals surface area contributed by atoms with Crippen molar-refractivity contribution in [3.05, 3.63) is 69.9 Å². The number of thiol groups is 1. The highest BCUT2D eigenvalue weighted by Gasteiger charge is 2.17. The third-order valence-electron chi connectivity index (χ3n) is 3.82. The van der Waals surface area contributed by atoms with E-state index in [1.165, 1.54) is 0 Å². The number of hydrogen-bond donors (Lipinski definition) is 2. The molecule has 1 aromatic heterocycles. The number of carbonyl (C=O) groups excluding carboxylic acids is 1. The summed E-state index contributed by atoms with van der Waals surface area (Å²) in [6.45, 7) is 2.18. The third kappa shape index (κ3) is 2.95. The fraction of sp³-hybridized carbons (Fsp3) is 0.158. The van der Waals surface area contributed by atoms with Crippen LogP contribution in [0.5, 0.6) is 0 Å². The van der Waals surface area contributed by atoms with Gasteiger partial charge in [-0.1, -0.05) is 36.4 Å². The summed E-state index contributed by atoms with van der Waals surface area (Å²) >= 11 is 4.09. The van der Waals surface area contributed by atoms with E-state index >= 15 is 0 Å². The van der Waals surface area contributed by atoms with E-state index in [1.807, 2.05) is 30.3 Å². The molecule has 0 spiro atoms. The van der Waals surface area contributed by atoms with Crippen LogP contribution in [-0.4, -0.2) is 18.2 Å². The number of benzene rings is 2. The molecule has 1 amide bonds. The van der Waals surface area contributed by atoms with Crippen LogP contribution in [0.4, 0.5) is 0 Å². The molecule has 0 fully saturated rings. The Hall–Kier alpha value is -2.53. The summed E-state index contributed by atoms with van der Waals surface area (Å²) in [5.41, 5.74) is 1.87. The second kappa shape index (κ2) is 6.93. The lowest BCUT2D eigenvalue weighted by molar-refractivity contribution is 0.0957. The number of amides is 1. The lowest BCUT2D eigenvalue weighted by Crippen LogP contribution is -2.25. The molecule has 0 bridgehead atoms. The fourth-order valence-electron chi connectivity index (χ4n) is 2.62. The molecule has 5 heteroatoms. The molecule has 4 nitrogen and oxygen atoms in total. The second-order valence-electron chi connectivity index (χ2n) is 5.41. The Bertz CT molecular complexity index is 948. The summed E-state index contributed by atoms with van der Waals surface area (Å²) in [4.78, 5) is 25.1. The molecule has 1 N–H and O–H groups in total. The Kier molecular flexibility index (Phi) is 4.71. The number of nitrogens with one attached hydrogen (secondary N) is 1. The van der Waals surface area contributed by atoms with Crippen LogP contribution in [-0.2, 0) is 0 Å². The van der Waals surface area contributed by atoms with Crippen molar-refractivity contribution >= 4 is 29.5 Å². The van der Waals surface area contributed by atoms with Gasteiger partial charge < -0.3 is 9.73 Å². The van der Waals surface area contributed by atoms with E-state index < -0.39 is 0 Å². The van der Waals surface area contributed by atoms with Crippen LogP contribution < -0.4 is 10.7 Å². The van der Waals surface area contributed by atoms with E-state index in [4.69, 9.17) is 4.42 Å². The standard InChI is InChI=1S/C19H17NO3S/c1-12-16(21)14-8-5-9-15(19(22)20-10-11-24)18(14)23-17(12)13-6-3-2-4-7-13/h2-9,24H,10-11H2,1H3,(H,20,22). The zero-order valence-electron chi connectivity index (χ0n) is 13.2. The normalized spacial score (nSPS) is 10.8. The van der Waals surface area contributed by atoms with Gasteiger partial charge in [0.2, 0.25) is 0 Å². The quantitative estimate of drug-likeness (QED) is 0.716. The van der Waals surface area contributed by atoms with Crippen molar-refractivity contribution in [2.75, 3.05) is 12.3 Å². The van der Waals surface area contributed by atoms with Crippen molar-refractivity contribution in [1.82, 2.24) is 5.32 Å². The molecule has 2 aromatic carbocycles. The summed E-state index contributed by atoms with van der Waals surface area (Å²) < 4.78 is 6.01. The minimum atomic E-state index is -0.277. The van der Waals surface area contributed by atoms with Crippen LogP contribution in [0.1, 0.15) is 15.9 Å². The number of para-hydroxylation sites is 1. The predicted molar refractivity (Wildman–Crippen MR) is 98.8 cm³/mol. The smallest absolute Gasteiger partial charge is 0.255 e. The van der Waals surface area contributed by atoms with Crippen molar-refractivity contribution in [3.63, 3.8) is 0 Å². The van der Waals surface area contributed by atoms with E-state index in [1.54, 1.807) is 25.1 Å². The van der Waals surface area contributed by atoms with Gasteiger partial charge in [0.15, 0.2) is 11.0 Å². The third-order valence-corrected chi connectivity index (χ3v) is 4.05. The van der Waals surface area contributed by atoms with Gasteiger partial charge >= 0.3 is 0 Å². The molecule has 3 rings (SSSR count). The Labute approximate surface area is 144 Å². The van der Waals surface area contributed by atoms with Gasteiger partial charge in [0, 0.05) is 23.4 Å². The molecular formula is C19H17NO3S. The van der Waals surface area contributed by atoms with Crippen molar-refractivity contribution in [2.24, 2.45) is 0 Å². The summed E-state index contributed by atoms with van der Waals surface area (Å²) in [6.07, 6.45) is 0. The summed E-state index contributed by atoms with van der Waals surface area (Å²) in [6, 6.07) is 14.4. The lowest BCUT2D eigenvalue weighted by Gasteiger charge is -2.10. The summed E-state index contributed by atoms with van der Waals surface area (Å²) in [5, 5.41) is 3.16. The van der Waals surface area contributed by atoms with Crippen LogP contribution in [0.25, 0.3) is 22.3 Å². The van der Waals surface area contributed by atoms with Crippen molar-refractivity contribution in [1.29, 1.82) is 0 Å². The molecule has 0 aliphatic rings. The topological polar surface area (TPSA) is 59.3 Å². The maximum atomic E-state index is 12.7. The highest BCUT2D eigenvalue weighted by Crippen LogP contribution is 2.27. The van der Waals surface area contributed by atoms with Crippen molar-refractivity contribution in [2.45, 2.75) is 6.92 Å². The Balaban J connectivity index is 2.25. The van der Waals surface area contributed by atoms with Gasteiger partial charge in [-0.05, 0) is 19.1 Å². The van der Waals surface area contributed by atoms with Crippen molar-refractivity contribution < 1.29 is 9.21 Å². The minimum Gasteiger partial charge on any atom is -0.455 e. The molecule has 122 valence electrons. The average Bonchev–Trinajstić information content (AvgIpc) is 2.63. The molecular weight excluding hydrogens is 322 g/mol. The van der Waals surface area contributed by atoms with E-state index in [2.05, 4.69) is 17.9 Å². The van der Waals surface area contributed by atoms with Gasteiger partial charge in [-0.15, -0.1) is 0 Å². The minimum absolute atomic E-state index is 0.126. The molecule has 0 saturated heterocycles. The monoisotopic (exact) mass is 339 g/mol. The van der Waals surface area contributed by atoms with Crippen LogP contribution in [0.15, 0.2) is 57.7 Å². The Morgan fingerprint density at radius 2 is 1.88 bits per heavy atom. The number of fused-ring (bicyclic) bond motifs is 1. The maximum absolute atomic E-state index is 12.7. The zero-order valence-corrected chi connectivity index (χ0v) is 14.1. The number of rotatable bonds is 4. The zero-order chi connectivity index (χ0) is 17.1. The Morgan fingerprint density at radius 1 is 1.12 bits per heavy atom. The maximum Gasteiger partial charge on any atom is 0.255 e. The van der Waals surface area contributed by atoms with Gasteiger partial charge in [0.1, 0.15) is 5.76 Å². The lowest BCUT2D eigenvalue weighted by atomic mass is 10.0. The molecule has 0 aliphatic heterocycles. The number of carbonyl (C=O) groups is 1. The summed E-state index contributed by atoms with van der Waals surface area (Å²) in [5.74, 6) is 0.748. The van der Waals surface area contributed by atoms with Crippen LogP contribution >= 0.6 is 12.6 Å². The van der Waals surface area contributed by atoms with E-state index in [0.29, 0.717) is 40.2 Å². The van der Waals surface area contributed by atoms with Gasteiger partial charge in [-0.25, -0.2) is 0 Å². The predicted octanol–water partition coefficient (Wildman–Crippen LogP) is 3.43. The molecule has 0 saturated carbocycles. The molecule has 0 aliphatic carbocycles. The highest BCUT2D eigenvalue weighted by atomic mass is 32.1. The molecule has 3 aromatic rings. The first kappa shape index (κ1) is 16.3.